The molecule has 0 amide bonds. The summed E-state index contributed by atoms with van der Waals surface area (Å²) in [6.45, 7) is 0. The number of nitrogens with one attached hydrogen (secondary N) is 1. The number of piperidine rings is 1. The van der Waals surface area contributed by atoms with Crippen molar-refractivity contribution >= 4 is 24.3 Å². The van der Waals surface area contributed by atoms with Gasteiger partial charge in [0.2, 0.25) is 0 Å². The van der Waals surface area contributed by atoms with Crippen LogP contribution in [0.2, 0.25) is 0 Å². The SMILES string of the molecule is Cl.O=C(O[C@H]1CC2CCC(N2)[C@H]1C(=O)O)c1ccccc1. The number of benzene rings is 1. The summed E-state index contributed by atoms with van der Waals surface area (Å²) in [7, 11) is 0. The normalized spacial score (nSPS) is 30.3. The van der Waals surface area contributed by atoms with Crippen LogP contribution in [0.4, 0.5) is 0 Å². The predicted molar refractivity (Wildman–Crippen MR) is 78.6 cm³/mol. The third-order valence-corrected chi connectivity index (χ3v) is 4.18. The second kappa shape index (κ2) is 6.45. The molecule has 1 aromatic rings. The van der Waals surface area contributed by atoms with Crippen molar-refractivity contribution < 1.29 is 19.4 Å². The van der Waals surface area contributed by atoms with Crippen molar-refractivity contribution in [1.29, 1.82) is 0 Å². The van der Waals surface area contributed by atoms with E-state index in [4.69, 9.17) is 4.74 Å². The van der Waals surface area contributed by atoms with Crippen LogP contribution in [0, 0.1) is 5.92 Å². The van der Waals surface area contributed by atoms with Crippen molar-refractivity contribution in [3.05, 3.63) is 35.9 Å². The first-order chi connectivity index (χ1) is 9.65. The minimum Gasteiger partial charge on any atom is -0.481 e. The molecule has 2 heterocycles. The summed E-state index contributed by atoms with van der Waals surface area (Å²) in [6.07, 6.45) is 1.82. The van der Waals surface area contributed by atoms with Gasteiger partial charge >= 0.3 is 11.9 Å². The van der Waals surface area contributed by atoms with Crippen molar-refractivity contribution in [2.75, 3.05) is 0 Å². The van der Waals surface area contributed by atoms with Crippen LogP contribution in [0.5, 0.6) is 0 Å². The molecule has 5 nitrogen and oxygen atoms in total. The Balaban J connectivity index is 0.00000161. The van der Waals surface area contributed by atoms with Gasteiger partial charge in [-0.25, -0.2) is 4.79 Å². The van der Waals surface area contributed by atoms with Gasteiger partial charge in [0.25, 0.3) is 0 Å². The number of hydrogen-bond acceptors (Lipinski definition) is 4. The Bertz CT molecular complexity index is 522. The Kier molecular flexibility index (Phi) is 4.85. The lowest BCUT2D eigenvalue weighted by atomic mass is 9.89. The quantitative estimate of drug-likeness (QED) is 0.833. The van der Waals surface area contributed by atoms with Crippen LogP contribution in [-0.4, -0.2) is 35.2 Å². The maximum atomic E-state index is 12.1. The van der Waals surface area contributed by atoms with Crippen molar-refractivity contribution in [2.45, 2.75) is 37.5 Å². The number of esters is 1. The molecule has 2 bridgehead atoms. The molecule has 2 saturated heterocycles. The first kappa shape index (κ1) is 15.8. The highest BCUT2D eigenvalue weighted by molar-refractivity contribution is 5.89. The largest absolute Gasteiger partial charge is 0.481 e. The van der Waals surface area contributed by atoms with Gasteiger partial charge in [-0.15, -0.1) is 12.4 Å². The topological polar surface area (TPSA) is 75.6 Å². The number of ether oxygens (including phenoxy) is 1. The molecule has 3 rings (SSSR count). The number of carboxylic acids is 1. The van der Waals surface area contributed by atoms with Gasteiger partial charge in [-0.2, -0.15) is 0 Å². The number of hydrogen-bond donors (Lipinski definition) is 2. The molecule has 2 fully saturated rings. The van der Waals surface area contributed by atoms with E-state index in [1.807, 2.05) is 6.07 Å². The Morgan fingerprint density at radius 2 is 1.90 bits per heavy atom. The summed E-state index contributed by atoms with van der Waals surface area (Å²) >= 11 is 0. The Morgan fingerprint density at radius 1 is 1.19 bits per heavy atom. The van der Waals surface area contributed by atoms with Crippen molar-refractivity contribution in [3.63, 3.8) is 0 Å². The van der Waals surface area contributed by atoms with Gasteiger partial charge in [-0.3, -0.25) is 4.79 Å². The standard InChI is InChI=1S/C15H17NO4.ClH/c17-14(18)13-11-7-6-10(16-11)8-12(13)20-15(19)9-4-2-1-3-5-9;/h1-5,10-13,16H,6-8H2,(H,17,18);1H/t10?,11?,12-,13+;/m0./s1. The molecule has 0 spiro atoms. The zero-order valence-electron chi connectivity index (χ0n) is 11.4. The Hall–Kier alpha value is -1.59. The maximum Gasteiger partial charge on any atom is 0.338 e. The fourth-order valence-corrected chi connectivity index (χ4v) is 3.24. The molecule has 6 heteroatoms. The highest BCUT2D eigenvalue weighted by Gasteiger charge is 2.47. The highest BCUT2D eigenvalue weighted by Crippen LogP contribution is 2.34. The van der Waals surface area contributed by atoms with Crippen molar-refractivity contribution in [2.24, 2.45) is 5.92 Å². The van der Waals surface area contributed by atoms with Gasteiger partial charge < -0.3 is 15.2 Å². The van der Waals surface area contributed by atoms with Gasteiger partial charge in [0.15, 0.2) is 0 Å². The van der Waals surface area contributed by atoms with E-state index >= 15 is 0 Å². The molecule has 0 radical (unpaired) electrons. The third-order valence-electron chi connectivity index (χ3n) is 4.18. The molecule has 114 valence electrons. The maximum absolute atomic E-state index is 12.1. The summed E-state index contributed by atoms with van der Waals surface area (Å²) in [5.74, 6) is -1.99. The van der Waals surface area contributed by atoms with Gasteiger partial charge in [0.1, 0.15) is 12.0 Å². The average molecular weight is 312 g/mol. The van der Waals surface area contributed by atoms with Gasteiger partial charge in [-0.05, 0) is 25.0 Å². The fraction of sp³-hybridized carbons (Fsp3) is 0.467. The Morgan fingerprint density at radius 3 is 2.57 bits per heavy atom. The Labute approximate surface area is 129 Å². The number of fused-ring (bicyclic) bond motifs is 2. The molecular weight excluding hydrogens is 294 g/mol. The zero-order chi connectivity index (χ0) is 14.1. The summed E-state index contributed by atoms with van der Waals surface area (Å²) < 4.78 is 5.47. The lowest BCUT2D eigenvalue weighted by Gasteiger charge is -2.34. The van der Waals surface area contributed by atoms with E-state index in [1.54, 1.807) is 24.3 Å². The minimum atomic E-state index is -0.895. The molecule has 1 aromatic carbocycles. The van der Waals surface area contributed by atoms with E-state index in [2.05, 4.69) is 5.32 Å². The van der Waals surface area contributed by atoms with Crippen LogP contribution in [0.3, 0.4) is 0 Å². The van der Waals surface area contributed by atoms with Crippen LogP contribution in [-0.2, 0) is 9.53 Å². The first-order valence-corrected chi connectivity index (χ1v) is 6.90. The molecule has 2 unspecified atom stereocenters. The average Bonchev–Trinajstić information content (AvgIpc) is 2.81. The van der Waals surface area contributed by atoms with Crippen LogP contribution in [0.25, 0.3) is 0 Å². The van der Waals surface area contributed by atoms with Gasteiger partial charge in [0, 0.05) is 18.5 Å². The smallest absolute Gasteiger partial charge is 0.338 e. The van der Waals surface area contributed by atoms with Gasteiger partial charge in [-0.1, -0.05) is 18.2 Å². The van der Waals surface area contributed by atoms with E-state index < -0.39 is 24.0 Å². The predicted octanol–water partition coefficient (Wildman–Crippen LogP) is 1.86. The number of carbonyl (C=O) groups excluding carboxylic acids is 1. The number of carbonyl (C=O) groups is 2. The van der Waals surface area contributed by atoms with Crippen molar-refractivity contribution in [3.8, 4) is 0 Å². The summed E-state index contributed by atoms with van der Waals surface area (Å²) in [6, 6.07) is 8.88. The second-order valence-electron chi connectivity index (χ2n) is 5.46. The second-order valence-corrected chi connectivity index (χ2v) is 5.46. The van der Waals surface area contributed by atoms with Crippen LogP contribution in [0.1, 0.15) is 29.6 Å². The van der Waals surface area contributed by atoms with Crippen LogP contribution < -0.4 is 5.32 Å². The molecule has 21 heavy (non-hydrogen) atoms. The monoisotopic (exact) mass is 311 g/mol. The number of halogens is 1. The third kappa shape index (κ3) is 3.19. The number of carboxylic acid groups (broad SMARTS) is 1. The summed E-state index contributed by atoms with van der Waals surface area (Å²) in [5.41, 5.74) is 0.461. The summed E-state index contributed by atoms with van der Waals surface area (Å²) in [5, 5.41) is 12.7. The van der Waals surface area contributed by atoms with E-state index in [-0.39, 0.29) is 24.5 Å². The summed E-state index contributed by atoms with van der Waals surface area (Å²) in [4.78, 5) is 23.5. The molecule has 0 saturated carbocycles. The molecule has 0 aromatic heterocycles. The van der Waals surface area contributed by atoms with Gasteiger partial charge in [0.05, 0.1) is 5.56 Å². The molecule has 0 aliphatic carbocycles. The van der Waals surface area contributed by atoms with E-state index in [1.165, 1.54) is 0 Å². The molecule has 2 N–H and O–H groups in total. The first-order valence-electron chi connectivity index (χ1n) is 6.90. The number of rotatable bonds is 3. The number of aliphatic carboxylic acids is 1. The van der Waals surface area contributed by atoms with E-state index in [0.717, 1.165) is 12.8 Å². The molecular formula is C15H18ClNO4. The van der Waals surface area contributed by atoms with E-state index in [9.17, 15) is 14.7 Å². The van der Waals surface area contributed by atoms with Crippen molar-refractivity contribution in [1.82, 2.24) is 5.32 Å². The molecule has 4 atom stereocenters. The minimum absolute atomic E-state index is 0. The lowest BCUT2D eigenvalue weighted by molar-refractivity contribution is -0.148. The van der Waals surface area contributed by atoms with Crippen LogP contribution in [0.15, 0.2) is 30.3 Å². The van der Waals surface area contributed by atoms with Crippen LogP contribution >= 0.6 is 12.4 Å². The lowest BCUT2D eigenvalue weighted by Crippen LogP contribution is -2.52. The molecule has 2 aliphatic heterocycles. The zero-order valence-corrected chi connectivity index (χ0v) is 12.2. The van der Waals surface area contributed by atoms with E-state index in [0.29, 0.717) is 12.0 Å². The molecule has 2 aliphatic rings. The fourth-order valence-electron chi connectivity index (χ4n) is 3.24. The highest BCUT2D eigenvalue weighted by atomic mass is 35.5.